The molecule has 0 bridgehead atoms. The van der Waals surface area contributed by atoms with Crippen molar-refractivity contribution < 1.29 is 19.2 Å². The maximum atomic E-state index is 13.2. The molecule has 3 rings (SSSR count). The summed E-state index contributed by atoms with van der Waals surface area (Å²) in [5.41, 5.74) is 1.74. The SMILES string of the molecule is CCCNC(=O)[C@@H](CC)N(Cc1ccccc1)C(=O)CCCN1C(=O)c2ccccc2C1=O. The van der Waals surface area contributed by atoms with Gasteiger partial charge >= 0.3 is 0 Å². The Morgan fingerprint density at radius 1 is 0.939 bits per heavy atom. The topological polar surface area (TPSA) is 86.8 Å². The molecule has 0 fully saturated rings. The molecular formula is C26H31N3O4. The molecule has 0 aliphatic carbocycles. The Bertz CT molecular complexity index is 971. The van der Waals surface area contributed by atoms with Crippen LogP contribution in [-0.2, 0) is 16.1 Å². The Morgan fingerprint density at radius 2 is 1.55 bits per heavy atom. The lowest BCUT2D eigenvalue weighted by molar-refractivity contribution is -0.141. The molecule has 0 radical (unpaired) electrons. The predicted molar refractivity (Wildman–Crippen MR) is 125 cm³/mol. The highest BCUT2D eigenvalue weighted by atomic mass is 16.2. The molecule has 0 saturated carbocycles. The van der Waals surface area contributed by atoms with E-state index in [1.165, 1.54) is 4.90 Å². The molecule has 33 heavy (non-hydrogen) atoms. The molecule has 174 valence electrons. The second-order valence-corrected chi connectivity index (χ2v) is 8.13. The lowest BCUT2D eigenvalue weighted by Crippen LogP contribution is -2.49. The summed E-state index contributed by atoms with van der Waals surface area (Å²) < 4.78 is 0. The van der Waals surface area contributed by atoms with Crippen LogP contribution in [0.4, 0.5) is 0 Å². The first-order valence-corrected chi connectivity index (χ1v) is 11.5. The van der Waals surface area contributed by atoms with E-state index in [1.807, 2.05) is 44.2 Å². The fourth-order valence-electron chi connectivity index (χ4n) is 4.04. The zero-order valence-corrected chi connectivity index (χ0v) is 19.3. The number of fused-ring (bicyclic) bond motifs is 1. The summed E-state index contributed by atoms with van der Waals surface area (Å²) in [6, 6.07) is 15.7. The van der Waals surface area contributed by atoms with E-state index in [0.717, 1.165) is 12.0 Å². The van der Waals surface area contributed by atoms with Crippen molar-refractivity contribution in [1.82, 2.24) is 15.1 Å². The quantitative estimate of drug-likeness (QED) is 0.533. The van der Waals surface area contributed by atoms with Gasteiger partial charge in [0.25, 0.3) is 11.8 Å². The second kappa shape index (κ2) is 11.4. The van der Waals surface area contributed by atoms with Crippen LogP contribution in [0.5, 0.6) is 0 Å². The first-order chi connectivity index (χ1) is 16.0. The van der Waals surface area contributed by atoms with E-state index in [-0.39, 0.29) is 36.6 Å². The number of carbonyl (C=O) groups is 4. The number of nitrogens with one attached hydrogen (secondary N) is 1. The molecule has 0 spiro atoms. The summed E-state index contributed by atoms with van der Waals surface area (Å²) in [5.74, 6) is -0.984. The van der Waals surface area contributed by atoms with Crippen molar-refractivity contribution in [3.8, 4) is 0 Å². The van der Waals surface area contributed by atoms with Crippen molar-refractivity contribution in [2.75, 3.05) is 13.1 Å². The minimum absolute atomic E-state index is 0.137. The average Bonchev–Trinajstić information content (AvgIpc) is 3.08. The number of hydrogen-bond donors (Lipinski definition) is 1. The monoisotopic (exact) mass is 449 g/mol. The van der Waals surface area contributed by atoms with Gasteiger partial charge < -0.3 is 10.2 Å². The molecule has 7 nitrogen and oxygen atoms in total. The second-order valence-electron chi connectivity index (χ2n) is 8.13. The molecular weight excluding hydrogens is 418 g/mol. The van der Waals surface area contributed by atoms with E-state index in [1.54, 1.807) is 29.2 Å². The summed E-state index contributed by atoms with van der Waals surface area (Å²) in [6.45, 7) is 4.91. The highest BCUT2D eigenvalue weighted by Gasteiger charge is 2.35. The Labute approximate surface area is 194 Å². The van der Waals surface area contributed by atoms with Gasteiger partial charge in [0.2, 0.25) is 11.8 Å². The van der Waals surface area contributed by atoms with Crippen LogP contribution in [0.2, 0.25) is 0 Å². The highest BCUT2D eigenvalue weighted by molar-refractivity contribution is 6.21. The van der Waals surface area contributed by atoms with Gasteiger partial charge in [0.1, 0.15) is 6.04 Å². The summed E-state index contributed by atoms with van der Waals surface area (Å²) in [6.07, 6.45) is 1.78. The number of hydrogen-bond acceptors (Lipinski definition) is 4. The molecule has 2 aromatic carbocycles. The molecule has 2 aromatic rings. The first kappa shape index (κ1) is 24.2. The minimum atomic E-state index is -0.580. The highest BCUT2D eigenvalue weighted by Crippen LogP contribution is 2.23. The van der Waals surface area contributed by atoms with Crippen LogP contribution < -0.4 is 5.32 Å². The predicted octanol–water partition coefficient (Wildman–Crippen LogP) is 3.40. The van der Waals surface area contributed by atoms with E-state index >= 15 is 0 Å². The molecule has 1 N–H and O–H groups in total. The summed E-state index contributed by atoms with van der Waals surface area (Å²) in [5, 5.41) is 2.90. The van der Waals surface area contributed by atoms with Crippen LogP contribution in [0.15, 0.2) is 54.6 Å². The smallest absolute Gasteiger partial charge is 0.261 e. The number of rotatable bonds is 11. The van der Waals surface area contributed by atoms with Crippen LogP contribution in [0, 0.1) is 0 Å². The molecule has 7 heteroatoms. The van der Waals surface area contributed by atoms with Gasteiger partial charge in [-0.1, -0.05) is 56.3 Å². The largest absolute Gasteiger partial charge is 0.354 e. The van der Waals surface area contributed by atoms with Gasteiger partial charge in [-0.2, -0.15) is 0 Å². The molecule has 1 heterocycles. The van der Waals surface area contributed by atoms with Crippen molar-refractivity contribution >= 4 is 23.6 Å². The van der Waals surface area contributed by atoms with E-state index < -0.39 is 6.04 Å². The Kier molecular flexibility index (Phi) is 8.35. The third-order valence-corrected chi connectivity index (χ3v) is 5.78. The first-order valence-electron chi connectivity index (χ1n) is 11.5. The van der Waals surface area contributed by atoms with Crippen molar-refractivity contribution in [2.45, 2.75) is 52.1 Å². The Balaban J connectivity index is 1.67. The van der Waals surface area contributed by atoms with Gasteiger partial charge in [-0.05, 0) is 37.0 Å². The molecule has 0 unspecified atom stereocenters. The average molecular weight is 450 g/mol. The number of amides is 4. The molecule has 4 amide bonds. The summed E-state index contributed by atoms with van der Waals surface area (Å²) in [4.78, 5) is 53.9. The van der Waals surface area contributed by atoms with Gasteiger partial charge in [0.15, 0.2) is 0 Å². The van der Waals surface area contributed by atoms with Crippen LogP contribution in [0.1, 0.15) is 65.8 Å². The van der Waals surface area contributed by atoms with Gasteiger partial charge in [-0.15, -0.1) is 0 Å². The van der Waals surface area contributed by atoms with Crippen LogP contribution in [0.3, 0.4) is 0 Å². The fraction of sp³-hybridized carbons (Fsp3) is 0.385. The lowest BCUT2D eigenvalue weighted by Gasteiger charge is -2.31. The third kappa shape index (κ3) is 5.66. The Morgan fingerprint density at radius 3 is 2.12 bits per heavy atom. The van der Waals surface area contributed by atoms with Gasteiger partial charge in [-0.3, -0.25) is 24.1 Å². The van der Waals surface area contributed by atoms with Crippen LogP contribution in [-0.4, -0.2) is 52.6 Å². The minimum Gasteiger partial charge on any atom is -0.354 e. The van der Waals surface area contributed by atoms with Crippen molar-refractivity contribution in [3.05, 3.63) is 71.3 Å². The van der Waals surface area contributed by atoms with Crippen LogP contribution >= 0.6 is 0 Å². The summed E-state index contributed by atoms with van der Waals surface area (Å²) >= 11 is 0. The zero-order valence-electron chi connectivity index (χ0n) is 19.3. The van der Waals surface area contributed by atoms with E-state index in [0.29, 0.717) is 37.1 Å². The van der Waals surface area contributed by atoms with Crippen molar-refractivity contribution in [3.63, 3.8) is 0 Å². The standard InChI is InChI=1S/C26H31N3O4/c1-3-16-27-24(31)22(4-2)29(18-19-11-6-5-7-12-19)23(30)15-10-17-28-25(32)20-13-8-9-14-21(20)26(28)33/h5-9,11-14,22H,3-4,10,15-18H2,1-2H3,(H,27,31)/t22-/m1/s1. The van der Waals surface area contributed by atoms with E-state index in [9.17, 15) is 19.2 Å². The van der Waals surface area contributed by atoms with E-state index in [4.69, 9.17) is 0 Å². The normalized spacial score (nSPS) is 13.6. The molecule has 0 aromatic heterocycles. The fourth-order valence-corrected chi connectivity index (χ4v) is 4.04. The number of benzene rings is 2. The number of carbonyl (C=O) groups excluding carboxylic acids is 4. The maximum Gasteiger partial charge on any atom is 0.261 e. The molecule has 0 saturated heterocycles. The number of imide groups is 1. The summed E-state index contributed by atoms with van der Waals surface area (Å²) in [7, 11) is 0. The van der Waals surface area contributed by atoms with E-state index in [2.05, 4.69) is 5.32 Å². The molecule has 1 aliphatic heterocycles. The Hall–Kier alpha value is -3.48. The molecule has 1 atom stereocenters. The third-order valence-electron chi connectivity index (χ3n) is 5.78. The number of nitrogens with zero attached hydrogens (tertiary/aromatic N) is 2. The van der Waals surface area contributed by atoms with Crippen LogP contribution in [0.25, 0.3) is 0 Å². The lowest BCUT2D eigenvalue weighted by atomic mass is 10.1. The molecule has 1 aliphatic rings. The van der Waals surface area contributed by atoms with Crippen molar-refractivity contribution in [1.29, 1.82) is 0 Å². The maximum absolute atomic E-state index is 13.2. The van der Waals surface area contributed by atoms with Gasteiger partial charge in [0, 0.05) is 26.1 Å². The zero-order chi connectivity index (χ0) is 23.8. The van der Waals surface area contributed by atoms with Crippen molar-refractivity contribution in [2.24, 2.45) is 0 Å². The van der Waals surface area contributed by atoms with Gasteiger partial charge in [0.05, 0.1) is 11.1 Å². The van der Waals surface area contributed by atoms with Gasteiger partial charge in [-0.25, -0.2) is 0 Å².